The van der Waals surface area contributed by atoms with E-state index >= 15 is 0 Å². The monoisotopic (exact) mass is 394 g/mol. The number of carbonyl (C=O) groups is 1. The molecule has 0 aliphatic carbocycles. The lowest BCUT2D eigenvalue weighted by atomic mass is 10.0. The molecule has 1 aromatic heterocycles. The van der Waals surface area contributed by atoms with Crippen molar-refractivity contribution in [1.82, 2.24) is 0 Å². The predicted molar refractivity (Wildman–Crippen MR) is 94.0 cm³/mol. The van der Waals surface area contributed by atoms with Crippen molar-refractivity contribution in [3.63, 3.8) is 0 Å². The van der Waals surface area contributed by atoms with Gasteiger partial charge in [-0.25, -0.2) is 18.4 Å². The summed E-state index contributed by atoms with van der Waals surface area (Å²) >= 11 is 5.76. The van der Waals surface area contributed by atoms with E-state index in [0.29, 0.717) is 35.1 Å². The fourth-order valence-electron chi connectivity index (χ4n) is 2.61. The molecule has 0 aliphatic heterocycles. The van der Waals surface area contributed by atoms with Gasteiger partial charge < -0.3 is 14.3 Å². The van der Waals surface area contributed by atoms with Crippen molar-refractivity contribution in [3.05, 3.63) is 74.1 Å². The zero-order valence-corrected chi connectivity index (χ0v) is 14.8. The Balaban J connectivity index is 1.94. The minimum absolute atomic E-state index is 0.0177. The molecule has 5 nitrogen and oxygen atoms in total. The summed E-state index contributed by atoms with van der Waals surface area (Å²) in [5, 5.41) is 10.1. The Labute approximate surface area is 156 Å². The number of aryl methyl sites for hydroxylation is 1. The average Bonchev–Trinajstić information content (AvgIpc) is 2.61. The van der Waals surface area contributed by atoms with E-state index in [0.717, 1.165) is 6.07 Å². The first-order valence-corrected chi connectivity index (χ1v) is 8.28. The number of rotatable bonds is 4. The molecule has 0 spiro atoms. The number of benzene rings is 2. The molecule has 0 bridgehead atoms. The molecule has 1 N–H and O–H groups in total. The molecule has 3 rings (SSSR count). The first-order chi connectivity index (χ1) is 12.8. The zero-order valence-electron chi connectivity index (χ0n) is 14.0. The second kappa shape index (κ2) is 7.36. The zero-order chi connectivity index (χ0) is 19.7. The van der Waals surface area contributed by atoms with Crippen LogP contribution in [0, 0.1) is 11.6 Å². The van der Waals surface area contributed by atoms with Crippen molar-refractivity contribution in [1.29, 1.82) is 0 Å². The molecule has 0 amide bonds. The van der Waals surface area contributed by atoms with Crippen LogP contribution < -0.4 is 5.63 Å². The van der Waals surface area contributed by atoms with Crippen LogP contribution >= 0.6 is 11.6 Å². The Kier molecular flexibility index (Phi) is 5.14. The minimum atomic E-state index is -1.24. The molecule has 0 saturated carbocycles. The van der Waals surface area contributed by atoms with Crippen LogP contribution in [0.15, 0.2) is 39.5 Å². The normalized spacial score (nSPS) is 11.0. The maximum atomic E-state index is 13.3. The van der Waals surface area contributed by atoms with E-state index in [1.54, 1.807) is 6.07 Å². The van der Waals surface area contributed by atoms with E-state index in [4.69, 9.17) is 20.8 Å². The number of carbonyl (C=O) groups excluding carboxylic acids is 1. The van der Waals surface area contributed by atoms with Crippen LogP contribution in [-0.4, -0.2) is 11.1 Å². The van der Waals surface area contributed by atoms with Gasteiger partial charge in [0.2, 0.25) is 0 Å². The van der Waals surface area contributed by atoms with Crippen LogP contribution in [0.25, 0.3) is 11.0 Å². The van der Waals surface area contributed by atoms with Gasteiger partial charge in [-0.2, -0.15) is 0 Å². The second-order valence-electron chi connectivity index (χ2n) is 5.74. The third-order valence-corrected chi connectivity index (χ3v) is 4.31. The van der Waals surface area contributed by atoms with E-state index in [2.05, 4.69) is 0 Å². The number of phenols is 1. The van der Waals surface area contributed by atoms with Crippen molar-refractivity contribution < 1.29 is 27.8 Å². The molecule has 0 fully saturated rings. The van der Waals surface area contributed by atoms with Gasteiger partial charge in [0.1, 0.15) is 17.9 Å². The highest BCUT2D eigenvalue weighted by Gasteiger charge is 2.18. The summed E-state index contributed by atoms with van der Waals surface area (Å²) in [7, 11) is 0. The summed E-state index contributed by atoms with van der Waals surface area (Å²) in [5.41, 5.74) is 0.0578. The largest absolute Gasteiger partial charge is 0.508 e. The predicted octanol–water partition coefficient (Wildman–Crippen LogP) is 4.35. The lowest BCUT2D eigenvalue weighted by Gasteiger charge is -2.10. The lowest BCUT2D eigenvalue weighted by molar-refractivity contribution is 0.0473. The maximum Gasteiger partial charge on any atom is 0.340 e. The van der Waals surface area contributed by atoms with Crippen molar-refractivity contribution in [3.8, 4) is 5.75 Å². The number of phenolic OH excluding ortho intramolecular Hbond substituents is 1. The molecule has 0 atom stereocenters. The molecule has 0 aliphatic rings. The van der Waals surface area contributed by atoms with E-state index < -0.39 is 23.2 Å². The Morgan fingerprint density at radius 2 is 1.85 bits per heavy atom. The minimum Gasteiger partial charge on any atom is -0.508 e. The molecule has 0 saturated heterocycles. The quantitative estimate of drug-likeness (QED) is 0.404. The van der Waals surface area contributed by atoms with Crippen LogP contribution in [0.5, 0.6) is 5.75 Å². The molecule has 0 unspecified atom stereocenters. The van der Waals surface area contributed by atoms with Crippen LogP contribution in [0.1, 0.15) is 28.4 Å². The summed E-state index contributed by atoms with van der Waals surface area (Å²) in [6, 6.07) is 5.41. The molecular weight excluding hydrogens is 382 g/mol. The van der Waals surface area contributed by atoms with Crippen molar-refractivity contribution in [2.24, 2.45) is 0 Å². The number of ether oxygens (including phenoxy) is 1. The standard InChI is InChI=1S/C19H13ClF2O5/c1-2-9-3-11-10(4-18(24)27-17(11)7-16(9)23)8-26-19(25)12-5-14(21)15(22)6-13(12)20/h3-7,23H,2,8H2,1H3. The van der Waals surface area contributed by atoms with Gasteiger partial charge in [0.05, 0.1) is 10.6 Å². The fourth-order valence-corrected chi connectivity index (χ4v) is 2.84. The molecular formula is C19H13ClF2O5. The molecule has 2 aromatic carbocycles. The van der Waals surface area contributed by atoms with Crippen LogP contribution in [0.2, 0.25) is 5.02 Å². The Hall–Kier alpha value is -2.93. The molecule has 140 valence electrons. The summed E-state index contributed by atoms with van der Waals surface area (Å²) in [4.78, 5) is 23.9. The van der Waals surface area contributed by atoms with E-state index in [1.807, 2.05) is 6.92 Å². The van der Waals surface area contributed by atoms with Crippen molar-refractivity contribution >= 4 is 28.5 Å². The first kappa shape index (κ1) is 18.8. The third-order valence-electron chi connectivity index (χ3n) is 4.00. The second-order valence-corrected chi connectivity index (χ2v) is 6.15. The SMILES string of the molecule is CCc1cc2c(COC(=O)c3cc(F)c(F)cc3Cl)cc(=O)oc2cc1O. The maximum absolute atomic E-state index is 13.3. The van der Waals surface area contributed by atoms with Gasteiger partial charge in [0, 0.05) is 23.1 Å². The number of fused-ring (bicyclic) bond motifs is 1. The number of hydrogen-bond acceptors (Lipinski definition) is 5. The van der Waals surface area contributed by atoms with Crippen LogP contribution in [0.4, 0.5) is 8.78 Å². The van der Waals surface area contributed by atoms with Gasteiger partial charge in [-0.05, 0) is 30.2 Å². The van der Waals surface area contributed by atoms with E-state index in [1.165, 1.54) is 6.07 Å². The van der Waals surface area contributed by atoms with Gasteiger partial charge in [-0.1, -0.05) is 18.5 Å². The molecule has 0 radical (unpaired) electrons. The topological polar surface area (TPSA) is 76.7 Å². The number of aromatic hydroxyl groups is 1. The van der Waals surface area contributed by atoms with E-state index in [-0.39, 0.29) is 28.5 Å². The summed E-state index contributed by atoms with van der Waals surface area (Å²) in [5.74, 6) is -3.42. The fraction of sp³-hybridized carbons (Fsp3) is 0.158. The number of esters is 1. The van der Waals surface area contributed by atoms with Gasteiger partial charge in [0.15, 0.2) is 11.6 Å². The van der Waals surface area contributed by atoms with Crippen LogP contribution in [0.3, 0.4) is 0 Å². The Morgan fingerprint density at radius 3 is 2.56 bits per heavy atom. The number of halogens is 3. The Morgan fingerprint density at radius 1 is 1.15 bits per heavy atom. The van der Waals surface area contributed by atoms with Gasteiger partial charge in [0.25, 0.3) is 0 Å². The number of hydrogen-bond donors (Lipinski definition) is 1. The third kappa shape index (κ3) is 3.78. The first-order valence-electron chi connectivity index (χ1n) is 7.90. The Bertz CT molecular complexity index is 1110. The average molecular weight is 395 g/mol. The van der Waals surface area contributed by atoms with Gasteiger partial charge in [-0.3, -0.25) is 0 Å². The summed E-state index contributed by atoms with van der Waals surface area (Å²) in [6.45, 7) is 1.51. The molecule has 27 heavy (non-hydrogen) atoms. The molecule has 8 heteroatoms. The summed E-state index contributed by atoms with van der Waals surface area (Å²) < 4.78 is 36.6. The van der Waals surface area contributed by atoms with E-state index in [9.17, 15) is 23.5 Å². The lowest BCUT2D eigenvalue weighted by Crippen LogP contribution is -2.09. The highest BCUT2D eigenvalue weighted by molar-refractivity contribution is 6.33. The highest BCUT2D eigenvalue weighted by atomic mass is 35.5. The molecule has 3 aromatic rings. The van der Waals surface area contributed by atoms with Crippen LogP contribution in [-0.2, 0) is 17.8 Å². The highest BCUT2D eigenvalue weighted by Crippen LogP contribution is 2.28. The molecule has 1 heterocycles. The summed E-state index contributed by atoms with van der Waals surface area (Å²) in [6.07, 6.45) is 0.532. The smallest absolute Gasteiger partial charge is 0.340 e. The van der Waals surface area contributed by atoms with Crippen molar-refractivity contribution in [2.75, 3.05) is 0 Å². The van der Waals surface area contributed by atoms with Gasteiger partial charge in [-0.15, -0.1) is 0 Å². The van der Waals surface area contributed by atoms with Gasteiger partial charge >= 0.3 is 11.6 Å². The van der Waals surface area contributed by atoms with Crippen molar-refractivity contribution in [2.45, 2.75) is 20.0 Å².